The number of carbonyl (C=O) groups excluding carboxylic acids is 2. The summed E-state index contributed by atoms with van der Waals surface area (Å²) in [4.78, 5) is 39.6. The Morgan fingerprint density at radius 3 is 2.67 bits per heavy atom. The number of likely N-dealkylation sites (N-methyl/N-ethyl adjacent to an activating group) is 1. The van der Waals surface area contributed by atoms with E-state index in [0.29, 0.717) is 31.6 Å². The van der Waals surface area contributed by atoms with Crippen molar-refractivity contribution in [3.8, 4) is 5.75 Å². The van der Waals surface area contributed by atoms with Gasteiger partial charge in [0.15, 0.2) is 28.9 Å². The van der Waals surface area contributed by atoms with Gasteiger partial charge in [-0.15, -0.1) is 0 Å². The van der Waals surface area contributed by atoms with Crippen LogP contribution in [0.3, 0.4) is 0 Å². The van der Waals surface area contributed by atoms with Gasteiger partial charge in [-0.1, -0.05) is 6.07 Å². The molecule has 4 rings (SSSR count). The summed E-state index contributed by atoms with van der Waals surface area (Å²) in [5.74, 6) is -6.63. The second kappa shape index (κ2) is 7.19. The van der Waals surface area contributed by atoms with Crippen molar-refractivity contribution in [3.05, 3.63) is 62.3 Å². The number of hydrogen-bond donors (Lipinski definition) is 2. The third-order valence-electron chi connectivity index (χ3n) is 5.65. The highest BCUT2D eigenvalue weighted by molar-refractivity contribution is 6.00. The Hall–Kier alpha value is -3.30. The van der Waals surface area contributed by atoms with Gasteiger partial charge in [-0.25, -0.2) is 13.2 Å². The summed E-state index contributed by atoms with van der Waals surface area (Å²) in [6.07, 6.45) is 0.929. The number of nitrogens with zero attached hydrogens (tertiary/aromatic N) is 2. The molecule has 2 aliphatic heterocycles. The van der Waals surface area contributed by atoms with Crippen molar-refractivity contribution < 1.29 is 27.9 Å². The van der Waals surface area contributed by atoms with Crippen LogP contribution in [0.4, 0.5) is 13.2 Å². The van der Waals surface area contributed by atoms with E-state index in [1.165, 1.54) is 9.47 Å². The number of rotatable bonds is 4. The van der Waals surface area contributed by atoms with Crippen molar-refractivity contribution in [1.82, 2.24) is 14.8 Å². The first kappa shape index (κ1) is 20.0. The van der Waals surface area contributed by atoms with Gasteiger partial charge < -0.3 is 19.9 Å². The lowest BCUT2D eigenvalue weighted by molar-refractivity contribution is 0.0676. The Kier molecular flexibility index (Phi) is 4.79. The van der Waals surface area contributed by atoms with Crippen molar-refractivity contribution in [3.63, 3.8) is 0 Å². The molecule has 158 valence electrons. The molecule has 2 N–H and O–H groups in total. The molecule has 0 spiro atoms. The van der Waals surface area contributed by atoms with E-state index >= 15 is 0 Å². The quantitative estimate of drug-likeness (QED) is 0.738. The van der Waals surface area contributed by atoms with E-state index in [-0.39, 0.29) is 22.9 Å². The van der Waals surface area contributed by atoms with E-state index in [1.54, 1.807) is 6.92 Å². The van der Waals surface area contributed by atoms with Crippen LogP contribution in [-0.4, -0.2) is 39.5 Å². The molecule has 2 amide bonds. The minimum atomic E-state index is -1.66. The summed E-state index contributed by atoms with van der Waals surface area (Å²) in [7, 11) is 0. The minimum absolute atomic E-state index is 0.131. The molecular weight excluding hydrogens is 403 g/mol. The fourth-order valence-electron chi connectivity index (χ4n) is 4.14. The number of pyridine rings is 1. The number of aromatic hydroxyl groups is 1. The molecule has 3 heterocycles. The Morgan fingerprint density at radius 2 is 1.97 bits per heavy atom. The summed E-state index contributed by atoms with van der Waals surface area (Å²) in [5, 5.41) is 12.7. The van der Waals surface area contributed by atoms with E-state index < -0.39 is 47.0 Å². The number of benzene rings is 1. The summed E-state index contributed by atoms with van der Waals surface area (Å²) in [5.41, 5.74) is -1.43. The molecule has 0 fully saturated rings. The Bertz CT molecular complexity index is 1150. The van der Waals surface area contributed by atoms with Gasteiger partial charge in [0.2, 0.25) is 5.43 Å². The number of aromatic nitrogens is 1. The zero-order valence-electron chi connectivity index (χ0n) is 16.0. The smallest absolute Gasteiger partial charge is 0.274 e. The molecule has 2 aliphatic rings. The zero-order valence-corrected chi connectivity index (χ0v) is 16.0. The fourth-order valence-corrected chi connectivity index (χ4v) is 4.14. The maximum Gasteiger partial charge on any atom is 0.274 e. The van der Waals surface area contributed by atoms with Crippen LogP contribution in [-0.2, 0) is 13.0 Å². The molecule has 30 heavy (non-hydrogen) atoms. The number of carbonyl (C=O) groups is 2. The van der Waals surface area contributed by atoms with Crippen LogP contribution in [0.1, 0.15) is 51.5 Å². The second-order valence-corrected chi connectivity index (χ2v) is 7.27. The molecule has 0 radical (unpaired) electrons. The van der Waals surface area contributed by atoms with Crippen molar-refractivity contribution in [2.45, 2.75) is 32.4 Å². The van der Waals surface area contributed by atoms with Gasteiger partial charge in [-0.3, -0.25) is 14.4 Å². The SMILES string of the molecule is CCN1CC2CCc3c(C(=O)NCc4ccc(F)c(F)c4F)c(=O)c(O)c(n32)C1=O. The Balaban J connectivity index is 1.71. The third kappa shape index (κ3) is 2.86. The van der Waals surface area contributed by atoms with Gasteiger partial charge in [-0.05, 0) is 25.8 Å². The molecule has 1 aromatic carbocycles. The number of nitrogens with one attached hydrogen (secondary N) is 1. The third-order valence-corrected chi connectivity index (χ3v) is 5.65. The molecule has 0 saturated heterocycles. The van der Waals surface area contributed by atoms with Crippen molar-refractivity contribution in [2.75, 3.05) is 13.1 Å². The largest absolute Gasteiger partial charge is 0.503 e. The molecule has 1 unspecified atom stereocenters. The van der Waals surface area contributed by atoms with Crippen LogP contribution in [0.2, 0.25) is 0 Å². The van der Waals surface area contributed by atoms with Crippen LogP contribution in [0.25, 0.3) is 0 Å². The normalized spacial score (nSPS) is 17.3. The minimum Gasteiger partial charge on any atom is -0.503 e. The lowest BCUT2D eigenvalue weighted by Gasteiger charge is -2.34. The zero-order chi connectivity index (χ0) is 21.7. The molecule has 0 saturated carbocycles. The summed E-state index contributed by atoms with van der Waals surface area (Å²) < 4.78 is 41.8. The molecular formula is C20H18F3N3O4. The highest BCUT2D eigenvalue weighted by atomic mass is 19.2. The maximum absolute atomic E-state index is 13.8. The molecule has 0 aliphatic carbocycles. The van der Waals surface area contributed by atoms with Crippen LogP contribution in [0.5, 0.6) is 5.75 Å². The van der Waals surface area contributed by atoms with E-state index in [1.807, 2.05) is 0 Å². The van der Waals surface area contributed by atoms with Gasteiger partial charge >= 0.3 is 0 Å². The first-order chi connectivity index (χ1) is 14.3. The van der Waals surface area contributed by atoms with Gasteiger partial charge in [-0.2, -0.15) is 0 Å². The second-order valence-electron chi connectivity index (χ2n) is 7.27. The van der Waals surface area contributed by atoms with Crippen molar-refractivity contribution >= 4 is 11.8 Å². The van der Waals surface area contributed by atoms with Gasteiger partial charge in [0.25, 0.3) is 11.8 Å². The monoisotopic (exact) mass is 421 g/mol. The van der Waals surface area contributed by atoms with E-state index in [2.05, 4.69) is 5.32 Å². The Labute approximate surface area is 168 Å². The number of hydrogen-bond acceptors (Lipinski definition) is 4. The van der Waals surface area contributed by atoms with Crippen LogP contribution in [0.15, 0.2) is 16.9 Å². The standard InChI is InChI=1S/C20H18F3N3O4/c1-2-25-8-10-4-6-12-13(17(27)18(28)16(20(25)30)26(10)12)19(29)24-7-9-3-5-11(21)15(23)14(9)22/h3,5,10,28H,2,4,6-8H2,1H3,(H,24,29). The first-order valence-corrected chi connectivity index (χ1v) is 9.46. The van der Waals surface area contributed by atoms with Gasteiger partial charge in [0, 0.05) is 30.9 Å². The molecule has 1 atom stereocenters. The average molecular weight is 421 g/mol. The highest BCUT2D eigenvalue weighted by Gasteiger charge is 2.40. The van der Waals surface area contributed by atoms with Crippen molar-refractivity contribution in [2.24, 2.45) is 0 Å². The van der Waals surface area contributed by atoms with E-state index in [9.17, 15) is 32.7 Å². The fraction of sp³-hybridized carbons (Fsp3) is 0.350. The van der Waals surface area contributed by atoms with Crippen LogP contribution < -0.4 is 10.7 Å². The molecule has 10 heteroatoms. The summed E-state index contributed by atoms with van der Waals surface area (Å²) in [6.45, 7) is 2.12. The lowest BCUT2D eigenvalue weighted by atomic mass is 10.1. The molecule has 7 nitrogen and oxygen atoms in total. The van der Waals surface area contributed by atoms with E-state index in [4.69, 9.17) is 0 Å². The highest BCUT2D eigenvalue weighted by Crippen LogP contribution is 2.36. The summed E-state index contributed by atoms with van der Waals surface area (Å²) in [6, 6.07) is 1.54. The Morgan fingerprint density at radius 1 is 1.23 bits per heavy atom. The topological polar surface area (TPSA) is 91.6 Å². The number of halogens is 3. The lowest BCUT2D eigenvalue weighted by Crippen LogP contribution is -2.44. The van der Waals surface area contributed by atoms with Crippen molar-refractivity contribution in [1.29, 1.82) is 0 Å². The van der Waals surface area contributed by atoms with Crippen LogP contribution in [0, 0.1) is 17.5 Å². The first-order valence-electron chi connectivity index (χ1n) is 9.46. The number of amides is 2. The molecule has 1 aromatic heterocycles. The predicted octanol–water partition coefficient (Wildman–Crippen LogP) is 1.86. The van der Waals surface area contributed by atoms with Gasteiger partial charge in [0.05, 0.1) is 6.04 Å². The van der Waals surface area contributed by atoms with Crippen LogP contribution >= 0.6 is 0 Å². The van der Waals surface area contributed by atoms with Gasteiger partial charge in [0.1, 0.15) is 5.56 Å². The average Bonchev–Trinajstić information content (AvgIpc) is 3.13. The van der Waals surface area contributed by atoms with E-state index in [0.717, 1.165) is 12.1 Å². The summed E-state index contributed by atoms with van der Waals surface area (Å²) >= 11 is 0. The predicted molar refractivity (Wildman–Crippen MR) is 98.8 cm³/mol. The maximum atomic E-state index is 13.8. The molecule has 2 aromatic rings. The molecule has 0 bridgehead atoms.